The van der Waals surface area contributed by atoms with E-state index in [1.165, 1.54) is 0 Å². The summed E-state index contributed by atoms with van der Waals surface area (Å²) in [5.74, 6) is -0.0382. The number of amides is 1. The van der Waals surface area contributed by atoms with Gasteiger partial charge in [0, 0.05) is 29.7 Å². The molecule has 22 heavy (non-hydrogen) atoms. The van der Waals surface area contributed by atoms with Crippen molar-refractivity contribution in [3.63, 3.8) is 0 Å². The Morgan fingerprint density at radius 2 is 1.91 bits per heavy atom. The number of hydrogen-bond acceptors (Lipinski definition) is 4. The summed E-state index contributed by atoms with van der Waals surface area (Å²) in [7, 11) is 0. The van der Waals surface area contributed by atoms with Gasteiger partial charge in [-0.05, 0) is 26.0 Å². The highest BCUT2D eigenvalue weighted by molar-refractivity contribution is 8.00. The molecule has 3 N–H and O–H groups in total. The van der Waals surface area contributed by atoms with Gasteiger partial charge in [0.1, 0.15) is 5.54 Å². The van der Waals surface area contributed by atoms with Crippen LogP contribution in [0, 0.1) is 5.41 Å². The predicted octanol–water partition coefficient (Wildman–Crippen LogP) is 2.98. The quantitative estimate of drug-likeness (QED) is 0.704. The van der Waals surface area contributed by atoms with Gasteiger partial charge in [0.15, 0.2) is 0 Å². The lowest BCUT2D eigenvalue weighted by Gasteiger charge is -2.57. The normalized spacial score (nSPS) is 26.8. The van der Waals surface area contributed by atoms with E-state index < -0.39 is 5.54 Å². The van der Waals surface area contributed by atoms with Crippen molar-refractivity contribution in [1.82, 2.24) is 5.32 Å². The fraction of sp³-hybridized carbons (Fsp3) is 0.938. The van der Waals surface area contributed by atoms with Crippen LogP contribution in [0.25, 0.3) is 0 Å². The van der Waals surface area contributed by atoms with E-state index in [9.17, 15) is 4.79 Å². The van der Waals surface area contributed by atoms with Crippen molar-refractivity contribution in [3.8, 4) is 0 Å². The zero-order valence-electron chi connectivity index (χ0n) is 14.8. The average Bonchev–Trinajstić information content (AvgIpc) is 2.48. The number of hydrogen-bond donors (Lipinski definition) is 2. The lowest BCUT2D eigenvalue weighted by molar-refractivity contribution is -0.170. The lowest BCUT2D eigenvalue weighted by atomic mass is 9.54. The van der Waals surface area contributed by atoms with Gasteiger partial charge in [-0.15, -0.1) is 12.4 Å². The maximum Gasteiger partial charge on any atom is 0.240 e. The van der Waals surface area contributed by atoms with Crippen LogP contribution >= 0.6 is 24.2 Å². The molecule has 1 rings (SSSR count). The number of thioether (sulfide) groups is 1. The van der Waals surface area contributed by atoms with E-state index in [4.69, 9.17) is 10.5 Å². The van der Waals surface area contributed by atoms with Gasteiger partial charge >= 0.3 is 0 Å². The first-order valence-electron chi connectivity index (χ1n) is 7.97. The third-order valence-electron chi connectivity index (χ3n) is 5.53. The van der Waals surface area contributed by atoms with Crippen molar-refractivity contribution in [1.29, 1.82) is 0 Å². The van der Waals surface area contributed by atoms with Crippen LogP contribution in [0.3, 0.4) is 0 Å². The summed E-state index contributed by atoms with van der Waals surface area (Å²) in [6.45, 7) is 11.7. The van der Waals surface area contributed by atoms with Crippen molar-refractivity contribution in [2.45, 2.75) is 70.3 Å². The summed E-state index contributed by atoms with van der Waals surface area (Å²) in [6.07, 6.45) is 4.85. The molecule has 0 bridgehead atoms. The summed E-state index contributed by atoms with van der Waals surface area (Å²) in [4.78, 5) is 12.6. The van der Waals surface area contributed by atoms with Gasteiger partial charge in [-0.1, -0.05) is 27.7 Å². The second-order valence-corrected chi connectivity index (χ2v) is 7.89. The van der Waals surface area contributed by atoms with Crippen LogP contribution in [0.1, 0.15) is 53.9 Å². The molecule has 0 spiro atoms. The second kappa shape index (κ2) is 8.22. The molecular weight excluding hydrogens is 320 g/mol. The maximum atomic E-state index is 12.6. The van der Waals surface area contributed by atoms with Gasteiger partial charge in [-0.2, -0.15) is 11.8 Å². The van der Waals surface area contributed by atoms with Gasteiger partial charge < -0.3 is 15.8 Å². The largest absolute Gasteiger partial charge is 0.378 e. The molecule has 0 aromatic rings. The molecule has 0 saturated heterocycles. The lowest BCUT2D eigenvalue weighted by Crippen LogP contribution is -2.76. The topological polar surface area (TPSA) is 64.3 Å². The van der Waals surface area contributed by atoms with Crippen LogP contribution in [-0.4, -0.2) is 41.7 Å². The SMILES string of the molecule is CCOC1CC(N)(C(=O)NCC(CC)(CC)SC)C1(C)C.Cl. The van der Waals surface area contributed by atoms with Crippen LogP contribution in [0.2, 0.25) is 0 Å². The van der Waals surface area contributed by atoms with Crippen LogP contribution in [0.15, 0.2) is 0 Å². The standard InChI is InChI=1S/C16H32N2O2S.ClH/c1-7-15(8-2,21-6)11-18-13(19)16(17)10-12(20-9-3)14(16,4)5;/h12H,7-11,17H2,1-6H3,(H,18,19);1H. The van der Waals surface area contributed by atoms with Gasteiger partial charge in [0.25, 0.3) is 0 Å². The Kier molecular flexibility index (Phi) is 8.24. The number of halogens is 1. The minimum atomic E-state index is -0.821. The fourth-order valence-corrected chi connectivity index (χ4v) is 3.87. The van der Waals surface area contributed by atoms with Crippen molar-refractivity contribution < 1.29 is 9.53 Å². The minimum absolute atomic E-state index is 0. The van der Waals surface area contributed by atoms with Crippen LogP contribution in [-0.2, 0) is 9.53 Å². The van der Waals surface area contributed by atoms with Crippen molar-refractivity contribution in [2.75, 3.05) is 19.4 Å². The van der Waals surface area contributed by atoms with E-state index in [1.54, 1.807) is 0 Å². The molecule has 1 amide bonds. The van der Waals surface area contributed by atoms with E-state index in [0.717, 1.165) is 12.8 Å². The van der Waals surface area contributed by atoms with Crippen molar-refractivity contribution in [3.05, 3.63) is 0 Å². The third kappa shape index (κ3) is 3.74. The molecule has 0 aromatic carbocycles. The summed E-state index contributed by atoms with van der Waals surface area (Å²) in [5, 5.41) is 3.10. The molecular formula is C16H33ClN2O2S. The van der Waals surface area contributed by atoms with E-state index in [1.807, 2.05) is 32.5 Å². The van der Waals surface area contributed by atoms with Crippen LogP contribution in [0.5, 0.6) is 0 Å². The molecule has 0 radical (unpaired) electrons. The Morgan fingerprint density at radius 1 is 1.36 bits per heavy atom. The Hall–Kier alpha value is 0.0300. The maximum absolute atomic E-state index is 12.6. The van der Waals surface area contributed by atoms with Gasteiger partial charge in [-0.3, -0.25) is 4.79 Å². The van der Waals surface area contributed by atoms with E-state index >= 15 is 0 Å². The summed E-state index contributed by atoms with van der Waals surface area (Å²) >= 11 is 1.82. The highest BCUT2D eigenvalue weighted by Crippen LogP contribution is 2.49. The van der Waals surface area contributed by atoms with Crippen LogP contribution < -0.4 is 11.1 Å². The molecule has 132 valence electrons. The van der Waals surface area contributed by atoms with Crippen LogP contribution in [0.4, 0.5) is 0 Å². The van der Waals surface area contributed by atoms with Gasteiger partial charge in [0.2, 0.25) is 5.91 Å². The van der Waals surface area contributed by atoms with Gasteiger partial charge in [0.05, 0.1) is 6.10 Å². The smallest absolute Gasteiger partial charge is 0.240 e. The number of nitrogens with one attached hydrogen (secondary N) is 1. The Labute approximate surface area is 146 Å². The Bertz CT molecular complexity index is 367. The summed E-state index contributed by atoms with van der Waals surface area (Å²) in [5.41, 5.74) is 5.25. The first kappa shape index (κ1) is 22.0. The first-order valence-corrected chi connectivity index (χ1v) is 9.19. The van der Waals surface area contributed by atoms with Crippen molar-refractivity contribution >= 4 is 30.1 Å². The molecule has 6 heteroatoms. The molecule has 2 unspecified atom stereocenters. The predicted molar refractivity (Wildman–Crippen MR) is 97.8 cm³/mol. The number of carbonyl (C=O) groups excluding carboxylic acids is 1. The second-order valence-electron chi connectivity index (χ2n) is 6.62. The highest BCUT2D eigenvalue weighted by Gasteiger charge is 2.62. The van der Waals surface area contributed by atoms with Gasteiger partial charge in [-0.25, -0.2) is 0 Å². The van der Waals surface area contributed by atoms with E-state index in [0.29, 0.717) is 19.6 Å². The fourth-order valence-electron chi connectivity index (χ4n) is 3.08. The molecule has 1 fully saturated rings. The minimum Gasteiger partial charge on any atom is -0.378 e. The Morgan fingerprint density at radius 3 is 2.27 bits per heavy atom. The molecule has 1 saturated carbocycles. The third-order valence-corrected chi connectivity index (χ3v) is 7.12. The number of carbonyl (C=O) groups is 1. The molecule has 0 aliphatic heterocycles. The molecule has 1 aliphatic rings. The molecule has 4 nitrogen and oxygen atoms in total. The molecule has 1 aliphatic carbocycles. The first-order chi connectivity index (χ1) is 9.73. The zero-order chi connectivity index (χ0) is 16.3. The van der Waals surface area contributed by atoms with Crippen molar-refractivity contribution in [2.24, 2.45) is 11.1 Å². The Balaban J connectivity index is 0.00000441. The number of rotatable bonds is 8. The molecule has 0 heterocycles. The van der Waals surface area contributed by atoms with E-state index in [2.05, 4.69) is 25.4 Å². The molecule has 0 aromatic heterocycles. The summed E-state index contributed by atoms with van der Waals surface area (Å²) < 4.78 is 5.79. The summed E-state index contributed by atoms with van der Waals surface area (Å²) in [6, 6.07) is 0. The average molecular weight is 353 g/mol. The zero-order valence-corrected chi connectivity index (χ0v) is 16.5. The number of ether oxygens (including phenoxy) is 1. The number of nitrogens with two attached hydrogens (primary N) is 1. The molecule has 2 atom stereocenters. The van der Waals surface area contributed by atoms with E-state index in [-0.39, 0.29) is 34.6 Å². The monoisotopic (exact) mass is 352 g/mol. The highest BCUT2D eigenvalue weighted by atomic mass is 35.5.